The van der Waals surface area contributed by atoms with E-state index in [1.165, 1.54) is 19.3 Å². The molecule has 0 aromatic carbocycles. The smallest absolute Gasteiger partial charge is 0.407 e. The summed E-state index contributed by atoms with van der Waals surface area (Å²) in [5.41, 5.74) is 0.0424. The Kier molecular flexibility index (Phi) is 2.86. The van der Waals surface area contributed by atoms with Gasteiger partial charge in [0.2, 0.25) is 0 Å². The first-order valence-electron chi connectivity index (χ1n) is 6.10. The Morgan fingerprint density at radius 2 is 2.12 bits per heavy atom. The molecule has 0 aromatic heterocycles. The first kappa shape index (κ1) is 11.7. The summed E-state index contributed by atoms with van der Waals surface area (Å²) in [4.78, 5) is 11.4. The second-order valence-corrected chi connectivity index (χ2v) is 6.11. The van der Waals surface area contributed by atoms with Crippen molar-refractivity contribution in [2.75, 3.05) is 13.1 Å². The summed E-state index contributed by atoms with van der Waals surface area (Å²) >= 11 is 0. The SMILES string of the molecule is CC(C)(C)OC(=O)NCC1CC2(CCN2)C1. The Balaban J connectivity index is 1.60. The fourth-order valence-electron chi connectivity index (χ4n) is 2.56. The third-order valence-corrected chi connectivity index (χ3v) is 3.40. The summed E-state index contributed by atoms with van der Waals surface area (Å²) in [6.07, 6.45) is 3.40. The number of nitrogens with one attached hydrogen (secondary N) is 2. The van der Waals surface area contributed by atoms with E-state index in [-0.39, 0.29) is 6.09 Å². The molecule has 0 radical (unpaired) electrons. The minimum absolute atomic E-state index is 0.296. The van der Waals surface area contributed by atoms with E-state index < -0.39 is 5.60 Å². The Bertz CT molecular complexity index is 271. The molecular formula is C12H22N2O2. The van der Waals surface area contributed by atoms with Gasteiger partial charge in [0.05, 0.1) is 0 Å². The quantitative estimate of drug-likeness (QED) is 0.753. The minimum atomic E-state index is -0.402. The molecule has 2 N–H and O–H groups in total. The zero-order valence-corrected chi connectivity index (χ0v) is 10.4. The van der Waals surface area contributed by atoms with Crippen molar-refractivity contribution in [1.29, 1.82) is 0 Å². The molecular weight excluding hydrogens is 204 g/mol. The van der Waals surface area contributed by atoms with Gasteiger partial charge >= 0.3 is 6.09 Å². The van der Waals surface area contributed by atoms with Gasteiger partial charge in [-0.3, -0.25) is 0 Å². The second kappa shape index (κ2) is 3.91. The summed E-state index contributed by atoms with van der Waals surface area (Å²) < 4.78 is 5.18. The van der Waals surface area contributed by atoms with Crippen LogP contribution in [0.4, 0.5) is 4.79 Å². The third kappa shape index (κ3) is 2.67. The molecule has 1 aliphatic heterocycles. The molecule has 16 heavy (non-hydrogen) atoms. The van der Waals surface area contributed by atoms with E-state index in [0.717, 1.165) is 13.1 Å². The van der Waals surface area contributed by atoms with Gasteiger partial charge in [0, 0.05) is 12.1 Å². The van der Waals surface area contributed by atoms with Gasteiger partial charge in [0.15, 0.2) is 0 Å². The molecule has 1 aliphatic carbocycles. The Morgan fingerprint density at radius 1 is 1.50 bits per heavy atom. The molecule has 0 aromatic rings. The fourth-order valence-corrected chi connectivity index (χ4v) is 2.56. The molecule has 2 fully saturated rings. The Labute approximate surface area is 97.1 Å². The predicted octanol–water partition coefficient (Wildman–Crippen LogP) is 1.65. The van der Waals surface area contributed by atoms with E-state index in [0.29, 0.717) is 11.5 Å². The maximum atomic E-state index is 11.4. The molecule has 2 rings (SSSR count). The number of alkyl carbamates (subject to hydrolysis) is 1. The van der Waals surface area contributed by atoms with Crippen LogP contribution in [0.2, 0.25) is 0 Å². The van der Waals surface area contributed by atoms with Crippen LogP contribution in [0, 0.1) is 5.92 Å². The normalized spacial score (nSPS) is 32.8. The van der Waals surface area contributed by atoms with E-state index in [1.54, 1.807) is 0 Å². The van der Waals surface area contributed by atoms with Crippen LogP contribution in [0.5, 0.6) is 0 Å². The molecule has 1 heterocycles. The largest absolute Gasteiger partial charge is 0.444 e. The highest BCUT2D eigenvalue weighted by molar-refractivity contribution is 5.67. The van der Waals surface area contributed by atoms with Gasteiger partial charge in [-0.25, -0.2) is 4.79 Å². The maximum absolute atomic E-state index is 11.4. The number of hydrogen-bond donors (Lipinski definition) is 2. The number of amides is 1. The monoisotopic (exact) mass is 226 g/mol. The molecule has 0 bridgehead atoms. The van der Waals surface area contributed by atoms with Crippen molar-refractivity contribution in [3.8, 4) is 0 Å². The van der Waals surface area contributed by atoms with E-state index in [2.05, 4.69) is 10.6 Å². The predicted molar refractivity (Wildman–Crippen MR) is 62.3 cm³/mol. The average molecular weight is 226 g/mol. The summed E-state index contributed by atoms with van der Waals surface area (Å²) in [6, 6.07) is 0. The molecule has 0 atom stereocenters. The second-order valence-electron chi connectivity index (χ2n) is 6.11. The zero-order chi connectivity index (χ0) is 11.8. The van der Waals surface area contributed by atoms with Gasteiger partial charge in [-0.1, -0.05) is 0 Å². The van der Waals surface area contributed by atoms with Crippen molar-refractivity contribution in [1.82, 2.24) is 10.6 Å². The van der Waals surface area contributed by atoms with Crippen molar-refractivity contribution in [3.63, 3.8) is 0 Å². The highest BCUT2D eigenvalue weighted by Gasteiger charge is 2.47. The average Bonchev–Trinajstić information content (AvgIpc) is 1.94. The number of ether oxygens (including phenoxy) is 1. The molecule has 92 valence electrons. The minimum Gasteiger partial charge on any atom is -0.444 e. The first-order valence-corrected chi connectivity index (χ1v) is 6.10. The van der Waals surface area contributed by atoms with Crippen molar-refractivity contribution in [2.45, 2.75) is 51.2 Å². The van der Waals surface area contributed by atoms with Crippen LogP contribution in [-0.4, -0.2) is 30.3 Å². The van der Waals surface area contributed by atoms with Crippen molar-refractivity contribution in [2.24, 2.45) is 5.92 Å². The van der Waals surface area contributed by atoms with E-state index in [9.17, 15) is 4.79 Å². The highest BCUT2D eigenvalue weighted by Crippen LogP contribution is 2.43. The Hall–Kier alpha value is -0.770. The molecule has 1 amide bonds. The van der Waals surface area contributed by atoms with E-state index >= 15 is 0 Å². The third-order valence-electron chi connectivity index (χ3n) is 3.40. The standard InChI is InChI=1S/C12H22N2O2/c1-11(2,3)16-10(15)13-8-9-6-12(7-9)4-5-14-12/h9,14H,4-8H2,1-3H3,(H,13,15). The van der Waals surface area contributed by atoms with Crippen molar-refractivity contribution >= 4 is 6.09 Å². The summed E-state index contributed by atoms with van der Waals surface area (Å²) in [5, 5.41) is 6.31. The summed E-state index contributed by atoms with van der Waals surface area (Å²) in [5.74, 6) is 0.625. The number of carbonyl (C=O) groups is 1. The van der Waals surface area contributed by atoms with Crippen molar-refractivity contribution < 1.29 is 9.53 Å². The lowest BCUT2D eigenvalue weighted by Crippen LogP contribution is -2.65. The molecule has 1 spiro atoms. The van der Waals surface area contributed by atoms with Gasteiger partial charge in [0.25, 0.3) is 0 Å². The van der Waals surface area contributed by atoms with Crippen LogP contribution in [0.3, 0.4) is 0 Å². The van der Waals surface area contributed by atoms with E-state index in [1.807, 2.05) is 20.8 Å². The number of carbonyl (C=O) groups excluding carboxylic acids is 1. The summed E-state index contributed by atoms with van der Waals surface area (Å²) in [6.45, 7) is 7.54. The van der Waals surface area contributed by atoms with Gasteiger partial charge in [-0.05, 0) is 52.5 Å². The lowest BCUT2D eigenvalue weighted by molar-refractivity contribution is 0.0292. The van der Waals surface area contributed by atoms with Crippen LogP contribution in [-0.2, 0) is 4.74 Å². The number of rotatable bonds is 2. The molecule has 1 saturated carbocycles. The molecule has 1 saturated heterocycles. The van der Waals surface area contributed by atoms with Crippen LogP contribution in [0.15, 0.2) is 0 Å². The van der Waals surface area contributed by atoms with Crippen molar-refractivity contribution in [3.05, 3.63) is 0 Å². The lowest BCUT2D eigenvalue weighted by Gasteiger charge is -2.55. The molecule has 4 nitrogen and oxygen atoms in total. The van der Waals surface area contributed by atoms with Gasteiger partial charge in [-0.2, -0.15) is 0 Å². The zero-order valence-electron chi connectivity index (χ0n) is 10.4. The molecule has 2 aliphatic rings. The van der Waals surface area contributed by atoms with Gasteiger partial charge in [-0.15, -0.1) is 0 Å². The van der Waals surface area contributed by atoms with E-state index in [4.69, 9.17) is 4.74 Å². The van der Waals surface area contributed by atoms with Crippen LogP contribution in [0.1, 0.15) is 40.0 Å². The van der Waals surface area contributed by atoms with Crippen LogP contribution >= 0.6 is 0 Å². The highest BCUT2D eigenvalue weighted by atomic mass is 16.6. The van der Waals surface area contributed by atoms with Crippen LogP contribution in [0.25, 0.3) is 0 Å². The lowest BCUT2D eigenvalue weighted by atomic mass is 9.63. The number of hydrogen-bond acceptors (Lipinski definition) is 3. The Morgan fingerprint density at radius 3 is 2.56 bits per heavy atom. The van der Waals surface area contributed by atoms with Gasteiger partial charge < -0.3 is 15.4 Å². The first-order chi connectivity index (χ1) is 7.39. The topological polar surface area (TPSA) is 50.4 Å². The van der Waals surface area contributed by atoms with Crippen LogP contribution < -0.4 is 10.6 Å². The van der Waals surface area contributed by atoms with Gasteiger partial charge in [0.1, 0.15) is 5.60 Å². The maximum Gasteiger partial charge on any atom is 0.407 e. The molecule has 0 unspecified atom stereocenters. The molecule has 4 heteroatoms. The fraction of sp³-hybridized carbons (Fsp3) is 0.917. The summed E-state index contributed by atoms with van der Waals surface area (Å²) in [7, 11) is 0.